The van der Waals surface area contributed by atoms with Crippen molar-refractivity contribution in [1.29, 1.82) is 0 Å². The first-order valence-corrected chi connectivity index (χ1v) is 11.8. The number of aromatic nitrogens is 2. The molecular formula is C24H26N4OS. The molecule has 6 heteroatoms. The molecule has 0 spiro atoms. The summed E-state index contributed by atoms with van der Waals surface area (Å²) in [5, 5.41) is 4.11. The minimum atomic E-state index is 0.0593. The van der Waals surface area contributed by atoms with E-state index in [9.17, 15) is 4.79 Å². The highest BCUT2D eigenvalue weighted by atomic mass is 32.2. The Bertz CT molecular complexity index is 1060. The van der Waals surface area contributed by atoms with E-state index in [2.05, 4.69) is 34.5 Å². The van der Waals surface area contributed by atoms with Crippen molar-refractivity contribution in [3.05, 3.63) is 59.7 Å². The Morgan fingerprint density at radius 2 is 1.73 bits per heavy atom. The molecule has 1 saturated heterocycles. The third-order valence-corrected chi connectivity index (χ3v) is 6.93. The molecule has 0 bridgehead atoms. The summed E-state index contributed by atoms with van der Waals surface area (Å²) in [6, 6.07) is 16.5. The van der Waals surface area contributed by atoms with Crippen LogP contribution < -0.4 is 10.2 Å². The van der Waals surface area contributed by atoms with Gasteiger partial charge in [-0.2, -0.15) is 0 Å². The number of benzene rings is 2. The maximum absolute atomic E-state index is 12.8. The lowest BCUT2D eigenvalue weighted by Crippen LogP contribution is -2.32. The van der Waals surface area contributed by atoms with Crippen LogP contribution in [0.3, 0.4) is 0 Å². The predicted octanol–water partition coefficient (Wildman–Crippen LogP) is 4.52. The van der Waals surface area contributed by atoms with Gasteiger partial charge in [0, 0.05) is 13.1 Å². The molecule has 1 N–H and O–H groups in total. The van der Waals surface area contributed by atoms with Crippen LogP contribution in [0.2, 0.25) is 0 Å². The summed E-state index contributed by atoms with van der Waals surface area (Å²) in [6.45, 7) is 2.01. The van der Waals surface area contributed by atoms with Crippen molar-refractivity contribution < 1.29 is 4.79 Å². The molecule has 3 aromatic rings. The van der Waals surface area contributed by atoms with Crippen molar-refractivity contribution >= 4 is 34.5 Å². The molecule has 1 fully saturated rings. The van der Waals surface area contributed by atoms with Gasteiger partial charge in [0.05, 0.1) is 22.8 Å². The van der Waals surface area contributed by atoms with Gasteiger partial charge in [0.15, 0.2) is 5.82 Å². The van der Waals surface area contributed by atoms with Crippen LogP contribution in [0, 0.1) is 0 Å². The second kappa shape index (κ2) is 8.64. The molecule has 5 nitrogen and oxygen atoms in total. The number of aryl methyl sites for hydroxylation is 1. The zero-order valence-electron chi connectivity index (χ0n) is 17.0. The standard InChI is InChI=1S/C24H26N4OS/c29-22(25-19-13-7-9-17-8-1-2-10-18(17)19)16-30-24-23(28-14-5-6-15-28)26-20-11-3-4-12-21(20)27-24/h1-4,8,10-12,19H,5-7,9,13-16H2,(H,25,29)/t19-/m0/s1. The molecule has 2 heterocycles. The summed E-state index contributed by atoms with van der Waals surface area (Å²) in [5.41, 5.74) is 4.42. The normalized spacial score (nSPS) is 18.4. The fourth-order valence-electron chi connectivity index (χ4n) is 4.48. The molecule has 0 saturated carbocycles. The van der Waals surface area contributed by atoms with Crippen LogP contribution in [0.5, 0.6) is 0 Å². The van der Waals surface area contributed by atoms with E-state index in [0.29, 0.717) is 5.75 Å². The van der Waals surface area contributed by atoms with Gasteiger partial charge in [0.25, 0.3) is 0 Å². The lowest BCUT2D eigenvalue weighted by Gasteiger charge is -2.26. The SMILES string of the molecule is O=C(CSc1nc2ccccc2nc1N1CCCC1)N[C@H]1CCCc2ccccc21. The van der Waals surface area contributed by atoms with Gasteiger partial charge in [-0.15, -0.1) is 0 Å². The molecule has 1 aromatic heterocycles. The number of fused-ring (bicyclic) bond motifs is 2. The average Bonchev–Trinajstić information content (AvgIpc) is 3.32. The van der Waals surface area contributed by atoms with E-state index in [1.165, 1.54) is 35.7 Å². The molecular weight excluding hydrogens is 392 g/mol. The second-order valence-corrected chi connectivity index (χ2v) is 9.00. The highest BCUT2D eigenvalue weighted by Gasteiger charge is 2.23. The highest BCUT2D eigenvalue weighted by molar-refractivity contribution is 8.00. The van der Waals surface area contributed by atoms with Crippen molar-refractivity contribution in [2.75, 3.05) is 23.7 Å². The summed E-state index contributed by atoms with van der Waals surface area (Å²) >= 11 is 1.50. The number of hydrogen-bond acceptors (Lipinski definition) is 5. The number of amides is 1. The van der Waals surface area contributed by atoms with E-state index in [0.717, 1.165) is 54.2 Å². The van der Waals surface area contributed by atoms with Crippen LogP contribution in [0.25, 0.3) is 11.0 Å². The molecule has 1 amide bonds. The maximum atomic E-state index is 12.8. The molecule has 1 atom stereocenters. The quantitative estimate of drug-likeness (QED) is 0.618. The first-order valence-electron chi connectivity index (χ1n) is 10.8. The molecule has 5 rings (SSSR count). The summed E-state index contributed by atoms with van der Waals surface area (Å²) in [4.78, 5) is 24.8. The number of carbonyl (C=O) groups is 1. The van der Waals surface area contributed by atoms with Gasteiger partial charge < -0.3 is 10.2 Å². The first kappa shape index (κ1) is 19.4. The highest BCUT2D eigenvalue weighted by Crippen LogP contribution is 2.32. The van der Waals surface area contributed by atoms with Crippen LogP contribution in [0.1, 0.15) is 42.9 Å². The van der Waals surface area contributed by atoms with Gasteiger partial charge in [-0.3, -0.25) is 4.79 Å². The Kier molecular flexibility index (Phi) is 5.58. The largest absolute Gasteiger partial charge is 0.354 e. The third-order valence-electron chi connectivity index (χ3n) is 5.97. The number of hydrogen-bond donors (Lipinski definition) is 1. The summed E-state index contributed by atoms with van der Waals surface area (Å²) < 4.78 is 0. The summed E-state index contributed by atoms with van der Waals surface area (Å²) in [5.74, 6) is 1.34. The van der Waals surface area contributed by atoms with Crippen LogP contribution in [0.4, 0.5) is 5.82 Å². The van der Waals surface area contributed by atoms with E-state index in [1.54, 1.807) is 0 Å². The fourth-order valence-corrected chi connectivity index (χ4v) is 5.30. The van der Waals surface area contributed by atoms with E-state index < -0.39 is 0 Å². The number of nitrogens with one attached hydrogen (secondary N) is 1. The molecule has 1 aliphatic carbocycles. The van der Waals surface area contributed by atoms with E-state index >= 15 is 0 Å². The van der Waals surface area contributed by atoms with Crippen molar-refractivity contribution in [3.63, 3.8) is 0 Å². The van der Waals surface area contributed by atoms with Crippen LogP contribution in [0.15, 0.2) is 53.6 Å². The Balaban J connectivity index is 1.32. The Labute approximate surface area is 181 Å². The predicted molar refractivity (Wildman–Crippen MR) is 122 cm³/mol. The van der Waals surface area contributed by atoms with E-state index in [4.69, 9.17) is 9.97 Å². The molecule has 2 aromatic carbocycles. The molecule has 1 aliphatic heterocycles. The molecule has 30 heavy (non-hydrogen) atoms. The average molecular weight is 419 g/mol. The molecule has 154 valence electrons. The Morgan fingerprint density at radius 1 is 1.00 bits per heavy atom. The third kappa shape index (κ3) is 4.01. The smallest absolute Gasteiger partial charge is 0.230 e. The Hall–Kier alpha value is -2.60. The lowest BCUT2D eigenvalue weighted by atomic mass is 9.88. The van der Waals surface area contributed by atoms with Crippen molar-refractivity contribution in [1.82, 2.24) is 15.3 Å². The van der Waals surface area contributed by atoms with E-state index in [1.807, 2.05) is 24.3 Å². The molecule has 0 radical (unpaired) electrons. The van der Waals surface area contributed by atoms with Gasteiger partial charge in [0.2, 0.25) is 5.91 Å². The van der Waals surface area contributed by atoms with Crippen LogP contribution >= 0.6 is 11.8 Å². The minimum absolute atomic E-state index is 0.0593. The topological polar surface area (TPSA) is 58.1 Å². The molecule has 0 unspecified atom stereocenters. The summed E-state index contributed by atoms with van der Waals surface area (Å²) in [6.07, 6.45) is 5.58. The summed E-state index contributed by atoms with van der Waals surface area (Å²) in [7, 11) is 0. The number of anilines is 1. The molecule has 2 aliphatic rings. The first-order chi connectivity index (χ1) is 14.8. The van der Waals surface area contributed by atoms with Crippen LogP contribution in [-0.4, -0.2) is 34.7 Å². The number of para-hydroxylation sites is 2. The Morgan fingerprint density at radius 3 is 2.57 bits per heavy atom. The number of carbonyl (C=O) groups excluding carboxylic acids is 1. The monoisotopic (exact) mass is 418 g/mol. The van der Waals surface area contributed by atoms with Crippen molar-refractivity contribution in [3.8, 4) is 0 Å². The van der Waals surface area contributed by atoms with Gasteiger partial charge in [-0.1, -0.05) is 48.2 Å². The van der Waals surface area contributed by atoms with Crippen LogP contribution in [-0.2, 0) is 11.2 Å². The van der Waals surface area contributed by atoms with Gasteiger partial charge in [0.1, 0.15) is 5.03 Å². The number of rotatable bonds is 5. The van der Waals surface area contributed by atoms with Crippen molar-refractivity contribution in [2.45, 2.75) is 43.2 Å². The van der Waals surface area contributed by atoms with Gasteiger partial charge in [-0.25, -0.2) is 9.97 Å². The second-order valence-electron chi connectivity index (χ2n) is 8.04. The lowest BCUT2D eigenvalue weighted by molar-refractivity contribution is -0.119. The minimum Gasteiger partial charge on any atom is -0.354 e. The zero-order chi connectivity index (χ0) is 20.3. The van der Waals surface area contributed by atoms with Gasteiger partial charge >= 0.3 is 0 Å². The fraction of sp³-hybridized carbons (Fsp3) is 0.375. The number of nitrogens with zero attached hydrogens (tertiary/aromatic N) is 3. The maximum Gasteiger partial charge on any atom is 0.230 e. The van der Waals surface area contributed by atoms with Crippen molar-refractivity contribution in [2.24, 2.45) is 0 Å². The number of thioether (sulfide) groups is 1. The van der Waals surface area contributed by atoms with Gasteiger partial charge in [-0.05, 0) is 55.4 Å². The van der Waals surface area contributed by atoms with E-state index in [-0.39, 0.29) is 11.9 Å². The zero-order valence-corrected chi connectivity index (χ0v) is 17.8.